The number of nitrogens with one attached hydrogen (secondary N) is 2. The number of carbonyl (C=O) groups is 2. The van der Waals surface area contributed by atoms with Gasteiger partial charge in [0, 0.05) is 22.3 Å². The van der Waals surface area contributed by atoms with Crippen LogP contribution in [0.25, 0.3) is 0 Å². The largest absolute Gasteiger partial charge is 0.342 e. The predicted molar refractivity (Wildman–Crippen MR) is 136 cm³/mol. The molecule has 0 saturated heterocycles. The minimum atomic E-state index is -0.376. The number of rotatable bonds is 9. The molecule has 0 aliphatic rings. The standard InChI is InChI=1S/C24H26BrN5O2S/c1-5-11-30-22(17(4)26-23(32)18-8-6-7-15(2)12-18)28-29-24(30)33-14-21(31)27-19-9-10-20(25)16(3)13-19/h5-10,12-13,17H,1,11,14H2,2-4H3,(H,26,32)(H,27,31)/t17-/m1/s1. The van der Waals surface area contributed by atoms with Gasteiger partial charge in [0.25, 0.3) is 5.91 Å². The van der Waals surface area contributed by atoms with Crippen LogP contribution < -0.4 is 10.6 Å². The Morgan fingerprint density at radius 3 is 2.70 bits per heavy atom. The summed E-state index contributed by atoms with van der Waals surface area (Å²) in [6.45, 7) is 10.0. The van der Waals surface area contributed by atoms with Crippen molar-refractivity contribution in [3.63, 3.8) is 0 Å². The van der Waals surface area contributed by atoms with E-state index in [2.05, 4.69) is 43.3 Å². The number of halogens is 1. The maximum Gasteiger partial charge on any atom is 0.251 e. The number of allylic oxidation sites excluding steroid dienone is 1. The quantitative estimate of drug-likeness (QED) is 0.299. The summed E-state index contributed by atoms with van der Waals surface area (Å²) in [5.74, 6) is 0.450. The first-order valence-corrected chi connectivity index (χ1v) is 12.2. The minimum absolute atomic E-state index is 0.141. The molecule has 1 atom stereocenters. The third-order valence-electron chi connectivity index (χ3n) is 4.85. The molecule has 7 nitrogen and oxygen atoms in total. The first kappa shape index (κ1) is 24.7. The SMILES string of the molecule is C=CCn1c(SCC(=O)Nc2ccc(Br)c(C)c2)nnc1[C@@H](C)NC(=O)c1cccc(C)c1. The average Bonchev–Trinajstić information content (AvgIpc) is 3.18. The van der Waals surface area contributed by atoms with Gasteiger partial charge in [-0.25, -0.2) is 0 Å². The number of hydrogen-bond acceptors (Lipinski definition) is 5. The topological polar surface area (TPSA) is 88.9 Å². The Hall–Kier alpha value is -2.91. The molecule has 0 bridgehead atoms. The number of anilines is 1. The predicted octanol–water partition coefficient (Wildman–Crippen LogP) is 5.07. The highest BCUT2D eigenvalue weighted by atomic mass is 79.9. The van der Waals surface area contributed by atoms with Crippen molar-refractivity contribution in [2.24, 2.45) is 0 Å². The molecule has 33 heavy (non-hydrogen) atoms. The molecule has 2 amide bonds. The summed E-state index contributed by atoms with van der Waals surface area (Å²) in [6, 6.07) is 12.7. The molecule has 2 N–H and O–H groups in total. The highest BCUT2D eigenvalue weighted by molar-refractivity contribution is 9.10. The van der Waals surface area contributed by atoms with E-state index in [9.17, 15) is 9.59 Å². The van der Waals surface area contributed by atoms with Gasteiger partial charge in [0.15, 0.2) is 11.0 Å². The highest BCUT2D eigenvalue weighted by Crippen LogP contribution is 2.23. The fraction of sp³-hybridized carbons (Fsp3) is 0.250. The molecule has 0 saturated carbocycles. The van der Waals surface area contributed by atoms with E-state index in [-0.39, 0.29) is 23.6 Å². The van der Waals surface area contributed by atoms with Crippen molar-refractivity contribution >= 4 is 45.2 Å². The zero-order chi connectivity index (χ0) is 24.0. The van der Waals surface area contributed by atoms with Crippen LogP contribution in [0.15, 0.2) is 64.7 Å². The van der Waals surface area contributed by atoms with Gasteiger partial charge in [-0.05, 0) is 56.7 Å². The van der Waals surface area contributed by atoms with E-state index in [1.807, 2.05) is 61.7 Å². The summed E-state index contributed by atoms with van der Waals surface area (Å²) in [6.07, 6.45) is 1.73. The van der Waals surface area contributed by atoms with Crippen molar-refractivity contribution in [1.29, 1.82) is 0 Å². The summed E-state index contributed by atoms with van der Waals surface area (Å²) >= 11 is 4.74. The lowest BCUT2D eigenvalue weighted by atomic mass is 10.1. The van der Waals surface area contributed by atoms with E-state index in [4.69, 9.17) is 0 Å². The van der Waals surface area contributed by atoms with Crippen LogP contribution in [0.4, 0.5) is 5.69 Å². The van der Waals surface area contributed by atoms with E-state index >= 15 is 0 Å². The number of aryl methyl sites for hydroxylation is 2. The van der Waals surface area contributed by atoms with Crippen molar-refractivity contribution in [2.75, 3.05) is 11.1 Å². The average molecular weight is 528 g/mol. The lowest BCUT2D eigenvalue weighted by molar-refractivity contribution is -0.113. The van der Waals surface area contributed by atoms with Crippen LogP contribution in [0.1, 0.15) is 40.3 Å². The molecule has 3 rings (SSSR count). The Morgan fingerprint density at radius 2 is 2.00 bits per heavy atom. The van der Waals surface area contributed by atoms with Crippen LogP contribution in [-0.4, -0.2) is 32.3 Å². The Labute approximate surface area is 206 Å². The summed E-state index contributed by atoms with van der Waals surface area (Å²) in [5.41, 5.74) is 3.38. The van der Waals surface area contributed by atoms with Gasteiger partial charge in [-0.1, -0.05) is 51.5 Å². The number of thioether (sulfide) groups is 1. The summed E-state index contributed by atoms with van der Waals surface area (Å²) < 4.78 is 2.85. The zero-order valence-corrected chi connectivity index (χ0v) is 21.2. The van der Waals surface area contributed by atoms with E-state index in [0.29, 0.717) is 23.1 Å². The minimum Gasteiger partial charge on any atom is -0.342 e. The molecule has 1 aromatic heterocycles. The highest BCUT2D eigenvalue weighted by Gasteiger charge is 2.20. The number of carbonyl (C=O) groups excluding carboxylic acids is 2. The second-order valence-corrected chi connectivity index (χ2v) is 9.40. The van der Waals surface area contributed by atoms with Gasteiger partial charge in [0.2, 0.25) is 5.91 Å². The van der Waals surface area contributed by atoms with Gasteiger partial charge in [-0.15, -0.1) is 16.8 Å². The number of benzene rings is 2. The van der Waals surface area contributed by atoms with Gasteiger partial charge >= 0.3 is 0 Å². The van der Waals surface area contributed by atoms with E-state index in [1.54, 1.807) is 12.1 Å². The lowest BCUT2D eigenvalue weighted by Crippen LogP contribution is -2.29. The van der Waals surface area contributed by atoms with Crippen LogP contribution in [0.5, 0.6) is 0 Å². The van der Waals surface area contributed by atoms with Crippen LogP contribution in [-0.2, 0) is 11.3 Å². The molecule has 172 valence electrons. The van der Waals surface area contributed by atoms with Crippen LogP contribution in [0, 0.1) is 13.8 Å². The maximum absolute atomic E-state index is 12.6. The molecule has 0 radical (unpaired) electrons. The van der Waals surface area contributed by atoms with Crippen molar-refractivity contribution in [1.82, 2.24) is 20.1 Å². The lowest BCUT2D eigenvalue weighted by Gasteiger charge is -2.15. The van der Waals surface area contributed by atoms with Gasteiger partial charge in [0.1, 0.15) is 0 Å². The third-order valence-corrected chi connectivity index (χ3v) is 6.70. The van der Waals surface area contributed by atoms with E-state index < -0.39 is 0 Å². The normalized spacial score (nSPS) is 11.6. The zero-order valence-electron chi connectivity index (χ0n) is 18.8. The van der Waals surface area contributed by atoms with Crippen molar-refractivity contribution in [2.45, 2.75) is 38.5 Å². The molecule has 0 spiro atoms. The van der Waals surface area contributed by atoms with Crippen LogP contribution >= 0.6 is 27.7 Å². The van der Waals surface area contributed by atoms with Gasteiger partial charge in [-0.3, -0.25) is 9.59 Å². The molecular formula is C24H26BrN5O2S. The fourth-order valence-corrected chi connectivity index (χ4v) is 4.21. The third kappa shape index (κ3) is 6.55. The number of nitrogens with zero attached hydrogens (tertiary/aromatic N) is 3. The maximum atomic E-state index is 12.6. The van der Waals surface area contributed by atoms with E-state index in [1.165, 1.54) is 11.8 Å². The molecule has 9 heteroatoms. The smallest absolute Gasteiger partial charge is 0.251 e. The van der Waals surface area contributed by atoms with Crippen LogP contribution in [0.3, 0.4) is 0 Å². The Morgan fingerprint density at radius 1 is 1.21 bits per heavy atom. The summed E-state index contributed by atoms with van der Waals surface area (Å²) in [4.78, 5) is 25.1. The van der Waals surface area contributed by atoms with Gasteiger partial charge in [-0.2, -0.15) is 0 Å². The van der Waals surface area contributed by atoms with Crippen LogP contribution in [0.2, 0.25) is 0 Å². The molecule has 0 aliphatic carbocycles. The Bertz CT molecular complexity index is 1180. The molecule has 2 aromatic carbocycles. The second-order valence-electron chi connectivity index (χ2n) is 7.61. The molecule has 3 aromatic rings. The summed E-state index contributed by atoms with van der Waals surface area (Å²) in [5, 5.41) is 15.0. The molecule has 0 aliphatic heterocycles. The first-order chi connectivity index (χ1) is 15.8. The van der Waals surface area contributed by atoms with Crippen molar-refractivity contribution < 1.29 is 9.59 Å². The molecule has 0 fully saturated rings. The van der Waals surface area contributed by atoms with Gasteiger partial charge in [0.05, 0.1) is 11.8 Å². The van der Waals surface area contributed by atoms with E-state index in [0.717, 1.165) is 21.3 Å². The number of aromatic nitrogens is 3. The van der Waals surface area contributed by atoms with Crippen molar-refractivity contribution in [3.05, 3.63) is 82.1 Å². The monoisotopic (exact) mass is 527 g/mol. The Balaban J connectivity index is 1.66. The number of hydrogen-bond donors (Lipinski definition) is 2. The second kappa shape index (κ2) is 11.3. The van der Waals surface area contributed by atoms with Gasteiger partial charge < -0.3 is 15.2 Å². The molecule has 1 heterocycles. The molecular weight excluding hydrogens is 502 g/mol. The Kier molecular flexibility index (Phi) is 8.46. The first-order valence-electron chi connectivity index (χ1n) is 10.4. The van der Waals surface area contributed by atoms with Crippen molar-refractivity contribution in [3.8, 4) is 0 Å². The fourth-order valence-electron chi connectivity index (χ4n) is 3.21. The molecule has 0 unspecified atom stereocenters. The number of amides is 2. The summed E-state index contributed by atoms with van der Waals surface area (Å²) in [7, 11) is 0.